The van der Waals surface area contributed by atoms with Crippen LogP contribution in [0.3, 0.4) is 0 Å². The van der Waals surface area contributed by atoms with Gasteiger partial charge in [0.2, 0.25) is 0 Å². The summed E-state index contributed by atoms with van der Waals surface area (Å²) in [7, 11) is 0. The zero-order chi connectivity index (χ0) is 14.3. The summed E-state index contributed by atoms with van der Waals surface area (Å²) in [6, 6.07) is 13.6. The van der Waals surface area contributed by atoms with E-state index in [0.717, 1.165) is 33.4 Å². The Morgan fingerprint density at radius 1 is 1.10 bits per heavy atom. The summed E-state index contributed by atoms with van der Waals surface area (Å²) in [5.41, 5.74) is 10.3. The summed E-state index contributed by atoms with van der Waals surface area (Å²) in [6.45, 7) is 4.03. The summed E-state index contributed by atoms with van der Waals surface area (Å²) in [5.74, 6) is 0.736. The lowest BCUT2D eigenvalue weighted by Crippen LogP contribution is -2.11. The van der Waals surface area contributed by atoms with Crippen molar-refractivity contribution >= 4 is 22.6 Å². The summed E-state index contributed by atoms with van der Waals surface area (Å²) in [6.07, 6.45) is 0. The van der Waals surface area contributed by atoms with Gasteiger partial charge in [-0.25, -0.2) is 0 Å². The number of halogens is 1. The summed E-state index contributed by atoms with van der Waals surface area (Å²) in [5, 5.41) is 1.74. The Balaban J connectivity index is 2.08. The molecule has 0 spiro atoms. The molecule has 0 saturated heterocycles. The highest BCUT2D eigenvalue weighted by molar-refractivity contribution is 6.31. The molecule has 2 N–H and O–H groups in total. The fourth-order valence-electron chi connectivity index (χ4n) is 2.42. The van der Waals surface area contributed by atoms with Gasteiger partial charge in [0.05, 0.1) is 6.04 Å². The fraction of sp³-hybridized carbons (Fsp3) is 0.176. The second-order valence-corrected chi connectivity index (χ2v) is 5.55. The second kappa shape index (κ2) is 4.97. The van der Waals surface area contributed by atoms with E-state index >= 15 is 0 Å². The number of benzene rings is 2. The van der Waals surface area contributed by atoms with Crippen LogP contribution in [0.1, 0.15) is 28.5 Å². The maximum Gasteiger partial charge on any atom is 0.137 e. The lowest BCUT2D eigenvalue weighted by atomic mass is 10.0. The SMILES string of the molecule is Cc1ccc(C(N)c2cc3cccc(C)c3o2)c(Cl)c1. The van der Waals surface area contributed by atoms with Crippen molar-refractivity contribution in [1.82, 2.24) is 0 Å². The molecule has 0 fully saturated rings. The number of fused-ring (bicyclic) bond motifs is 1. The number of rotatable bonds is 2. The van der Waals surface area contributed by atoms with Crippen molar-refractivity contribution in [2.45, 2.75) is 19.9 Å². The van der Waals surface area contributed by atoms with Crippen molar-refractivity contribution in [2.24, 2.45) is 5.73 Å². The molecule has 1 atom stereocenters. The quantitative estimate of drug-likeness (QED) is 0.738. The van der Waals surface area contributed by atoms with Crippen LogP contribution in [0.25, 0.3) is 11.0 Å². The van der Waals surface area contributed by atoms with E-state index < -0.39 is 0 Å². The van der Waals surface area contributed by atoms with Gasteiger partial charge in [0.25, 0.3) is 0 Å². The largest absolute Gasteiger partial charge is 0.459 e. The molecule has 0 aliphatic carbocycles. The number of nitrogens with two attached hydrogens (primary N) is 1. The van der Waals surface area contributed by atoms with Crippen LogP contribution in [0.2, 0.25) is 5.02 Å². The van der Waals surface area contributed by atoms with E-state index in [2.05, 4.69) is 0 Å². The van der Waals surface area contributed by atoms with Crippen LogP contribution in [0.5, 0.6) is 0 Å². The average molecular weight is 286 g/mol. The summed E-state index contributed by atoms with van der Waals surface area (Å²) >= 11 is 6.28. The van der Waals surface area contributed by atoms with Crippen molar-refractivity contribution < 1.29 is 4.42 Å². The molecule has 0 saturated carbocycles. The first kappa shape index (κ1) is 13.2. The Bertz CT molecular complexity index is 776. The normalized spacial score (nSPS) is 12.8. The minimum atomic E-state index is -0.352. The van der Waals surface area contributed by atoms with Gasteiger partial charge in [0, 0.05) is 10.4 Å². The Morgan fingerprint density at radius 2 is 1.90 bits per heavy atom. The van der Waals surface area contributed by atoms with E-state index in [4.69, 9.17) is 21.8 Å². The van der Waals surface area contributed by atoms with Crippen LogP contribution in [0, 0.1) is 13.8 Å². The first-order valence-electron chi connectivity index (χ1n) is 6.57. The Labute approximate surface area is 123 Å². The predicted octanol–water partition coefficient (Wildman–Crippen LogP) is 4.75. The van der Waals surface area contributed by atoms with Gasteiger partial charge >= 0.3 is 0 Å². The zero-order valence-electron chi connectivity index (χ0n) is 11.5. The number of hydrogen-bond acceptors (Lipinski definition) is 2. The summed E-state index contributed by atoms with van der Waals surface area (Å²) in [4.78, 5) is 0. The van der Waals surface area contributed by atoms with Gasteiger partial charge in [-0.1, -0.05) is 41.9 Å². The third-order valence-corrected chi connectivity index (χ3v) is 3.88. The lowest BCUT2D eigenvalue weighted by molar-refractivity contribution is 0.523. The molecule has 20 heavy (non-hydrogen) atoms. The molecule has 2 aromatic carbocycles. The molecule has 1 unspecified atom stereocenters. The van der Waals surface area contributed by atoms with Gasteiger partial charge in [-0.05, 0) is 42.7 Å². The van der Waals surface area contributed by atoms with Crippen molar-refractivity contribution in [1.29, 1.82) is 0 Å². The van der Waals surface area contributed by atoms with Crippen molar-refractivity contribution in [3.63, 3.8) is 0 Å². The molecule has 2 nitrogen and oxygen atoms in total. The second-order valence-electron chi connectivity index (χ2n) is 5.14. The highest BCUT2D eigenvalue weighted by Gasteiger charge is 2.17. The standard InChI is InChI=1S/C17H16ClNO/c1-10-6-7-13(14(18)8-10)16(19)15-9-12-5-3-4-11(2)17(12)20-15/h3-9,16H,19H2,1-2H3. The van der Waals surface area contributed by atoms with Crippen LogP contribution >= 0.6 is 11.6 Å². The topological polar surface area (TPSA) is 39.2 Å². The Morgan fingerprint density at radius 3 is 2.60 bits per heavy atom. The van der Waals surface area contributed by atoms with Gasteiger partial charge in [0.15, 0.2) is 0 Å². The molecule has 3 aromatic rings. The van der Waals surface area contributed by atoms with Crippen LogP contribution in [-0.4, -0.2) is 0 Å². The van der Waals surface area contributed by atoms with Gasteiger partial charge < -0.3 is 10.2 Å². The molecule has 0 bridgehead atoms. The molecular formula is C17H16ClNO. The summed E-state index contributed by atoms with van der Waals surface area (Å²) < 4.78 is 5.92. The maximum atomic E-state index is 6.30. The van der Waals surface area contributed by atoms with Gasteiger partial charge in [-0.3, -0.25) is 0 Å². The number of furan rings is 1. The molecule has 3 heteroatoms. The Hall–Kier alpha value is -1.77. The van der Waals surface area contributed by atoms with E-state index in [1.165, 1.54) is 0 Å². The van der Waals surface area contributed by atoms with Crippen molar-refractivity contribution in [3.8, 4) is 0 Å². The maximum absolute atomic E-state index is 6.30. The molecular weight excluding hydrogens is 270 g/mol. The molecule has 0 aliphatic rings. The molecule has 0 radical (unpaired) electrons. The smallest absolute Gasteiger partial charge is 0.137 e. The fourth-order valence-corrected chi connectivity index (χ4v) is 2.77. The van der Waals surface area contributed by atoms with Crippen LogP contribution < -0.4 is 5.73 Å². The van der Waals surface area contributed by atoms with Gasteiger partial charge in [0.1, 0.15) is 11.3 Å². The lowest BCUT2D eigenvalue weighted by Gasteiger charge is -2.11. The van der Waals surface area contributed by atoms with Gasteiger partial charge in [-0.15, -0.1) is 0 Å². The van der Waals surface area contributed by atoms with Gasteiger partial charge in [-0.2, -0.15) is 0 Å². The average Bonchev–Trinajstić information content (AvgIpc) is 2.83. The number of para-hydroxylation sites is 1. The van der Waals surface area contributed by atoms with Crippen LogP contribution in [0.15, 0.2) is 46.9 Å². The van der Waals surface area contributed by atoms with Crippen LogP contribution in [0.4, 0.5) is 0 Å². The third kappa shape index (κ3) is 2.21. The third-order valence-electron chi connectivity index (χ3n) is 3.56. The Kier molecular flexibility index (Phi) is 3.28. The molecule has 3 rings (SSSR count). The van der Waals surface area contributed by atoms with E-state index in [-0.39, 0.29) is 6.04 Å². The minimum absolute atomic E-state index is 0.352. The van der Waals surface area contributed by atoms with E-state index in [1.54, 1.807) is 0 Å². The predicted molar refractivity (Wildman–Crippen MR) is 83.2 cm³/mol. The van der Waals surface area contributed by atoms with Crippen molar-refractivity contribution in [2.75, 3.05) is 0 Å². The highest BCUT2D eigenvalue weighted by atomic mass is 35.5. The molecule has 1 heterocycles. The molecule has 0 aliphatic heterocycles. The first-order valence-corrected chi connectivity index (χ1v) is 6.95. The molecule has 0 amide bonds. The zero-order valence-corrected chi connectivity index (χ0v) is 12.2. The first-order chi connectivity index (χ1) is 9.56. The minimum Gasteiger partial charge on any atom is -0.459 e. The highest BCUT2D eigenvalue weighted by Crippen LogP contribution is 2.31. The number of aryl methyl sites for hydroxylation is 2. The van der Waals surface area contributed by atoms with Crippen LogP contribution in [-0.2, 0) is 0 Å². The van der Waals surface area contributed by atoms with E-state index in [1.807, 2.05) is 56.3 Å². The molecule has 1 aromatic heterocycles. The van der Waals surface area contributed by atoms with E-state index in [0.29, 0.717) is 5.02 Å². The molecule has 102 valence electrons. The monoisotopic (exact) mass is 285 g/mol. The van der Waals surface area contributed by atoms with E-state index in [9.17, 15) is 0 Å². The van der Waals surface area contributed by atoms with Crippen molar-refractivity contribution in [3.05, 3.63) is 69.9 Å². The number of hydrogen-bond donors (Lipinski definition) is 1.